The number of nitrogens with zero attached hydrogens (tertiary/aromatic N) is 2. The second kappa shape index (κ2) is 6.33. The Bertz CT molecular complexity index is 678. The first-order chi connectivity index (χ1) is 10.1. The van der Waals surface area contributed by atoms with E-state index in [-0.39, 0.29) is 17.9 Å². The van der Waals surface area contributed by atoms with E-state index in [1.165, 1.54) is 30.5 Å². The number of non-ortho nitro benzene ring substituents is 1. The van der Waals surface area contributed by atoms with Crippen LogP contribution in [0.4, 0.5) is 5.69 Å². The molecule has 0 atom stereocenters. The number of aliphatic carboxylic acids is 1. The first-order valence-electron chi connectivity index (χ1n) is 5.78. The van der Waals surface area contributed by atoms with Gasteiger partial charge in [0.1, 0.15) is 12.4 Å². The van der Waals surface area contributed by atoms with Crippen molar-refractivity contribution in [3.05, 3.63) is 58.0 Å². The molecule has 0 radical (unpaired) electrons. The van der Waals surface area contributed by atoms with Crippen LogP contribution in [0.15, 0.2) is 41.1 Å². The lowest BCUT2D eigenvalue weighted by molar-refractivity contribution is -0.384. The maximum Gasteiger partial charge on any atom is 0.328 e. The van der Waals surface area contributed by atoms with Crippen molar-refractivity contribution in [2.45, 2.75) is 6.61 Å². The summed E-state index contributed by atoms with van der Waals surface area (Å²) in [6.07, 6.45) is 3.56. The van der Waals surface area contributed by atoms with Gasteiger partial charge in [-0.1, -0.05) is 5.16 Å². The third kappa shape index (κ3) is 3.90. The Labute approximate surface area is 118 Å². The van der Waals surface area contributed by atoms with Gasteiger partial charge in [-0.25, -0.2) is 4.79 Å². The van der Waals surface area contributed by atoms with Crippen LogP contribution in [0.25, 0.3) is 6.08 Å². The molecule has 1 aromatic heterocycles. The number of carbonyl (C=O) groups is 1. The second-order valence-corrected chi connectivity index (χ2v) is 3.92. The average molecular weight is 290 g/mol. The highest BCUT2D eigenvalue weighted by atomic mass is 16.6. The summed E-state index contributed by atoms with van der Waals surface area (Å²) in [5.41, 5.74) is 0.123. The lowest BCUT2D eigenvalue weighted by atomic mass is 10.1. The van der Waals surface area contributed by atoms with Gasteiger partial charge in [-0.2, -0.15) is 0 Å². The van der Waals surface area contributed by atoms with E-state index in [9.17, 15) is 14.9 Å². The summed E-state index contributed by atoms with van der Waals surface area (Å²) in [6.45, 7) is 0.0751. The van der Waals surface area contributed by atoms with Crippen molar-refractivity contribution in [3.8, 4) is 5.75 Å². The molecule has 108 valence electrons. The summed E-state index contributed by atoms with van der Waals surface area (Å²) in [5, 5.41) is 22.9. The fraction of sp³-hybridized carbons (Fsp3) is 0.0769. The molecule has 2 rings (SSSR count). The lowest BCUT2D eigenvalue weighted by Gasteiger charge is -2.07. The first kappa shape index (κ1) is 14.3. The molecule has 8 nitrogen and oxygen atoms in total. The smallest absolute Gasteiger partial charge is 0.328 e. The molecule has 0 bridgehead atoms. The van der Waals surface area contributed by atoms with Crippen molar-refractivity contribution in [3.63, 3.8) is 0 Å². The minimum absolute atomic E-state index is 0.0751. The molecule has 0 saturated heterocycles. The Kier molecular flexibility index (Phi) is 4.30. The number of carboxylic acid groups (broad SMARTS) is 1. The minimum atomic E-state index is -1.16. The summed E-state index contributed by atoms with van der Waals surface area (Å²) in [6, 6.07) is 5.51. The van der Waals surface area contributed by atoms with Gasteiger partial charge in [0.2, 0.25) is 0 Å². The maximum atomic E-state index is 10.7. The van der Waals surface area contributed by atoms with Crippen LogP contribution in [-0.4, -0.2) is 21.2 Å². The quantitative estimate of drug-likeness (QED) is 0.492. The Balaban J connectivity index is 2.25. The van der Waals surface area contributed by atoms with Gasteiger partial charge in [0.05, 0.1) is 11.1 Å². The molecule has 0 spiro atoms. The summed E-state index contributed by atoms with van der Waals surface area (Å²) in [7, 11) is 0. The van der Waals surface area contributed by atoms with Crippen LogP contribution in [0.1, 0.15) is 11.3 Å². The van der Waals surface area contributed by atoms with Crippen LogP contribution in [0.3, 0.4) is 0 Å². The van der Waals surface area contributed by atoms with Crippen LogP contribution >= 0.6 is 0 Å². The van der Waals surface area contributed by atoms with Crippen LogP contribution in [0, 0.1) is 10.1 Å². The van der Waals surface area contributed by atoms with E-state index >= 15 is 0 Å². The van der Waals surface area contributed by atoms with Gasteiger partial charge in [0, 0.05) is 29.8 Å². The average Bonchev–Trinajstić information content (AvgIpc) is 2.96. The molecule has 0 fully saturated rings. The molecule has 0 saturated carbocycles. The Morgan fingerprint density at radius 2 is 2.29 bits per heavy atom. The number of hydrogen-bond acceptors (Lipinski definition) is 6. The highest BCUT2D eigenvalue weighted by Crippen LogP contribution is 2.26. The molecular weight excluding hydrogens is 280 g/mol. The monoisotopic (exact) mass is 290 g/mol. The Hall–Kier alpha value is -3.16. The van der Waals surface area contributed by atoms with Gasteiger partial charge in [-0.05, 0) is 12.1 Å². The molecule has 8 heteroatoms. The number of nitro benzene ring substituents is 1. The highest BCUT2D eigenvalue weighted by Gasteiger charge is 2.11. The molecule has 0 amide bonds. The topological polar surface area (TPSA) is 116 Å². The van der Waals surface area contributed by atoms with Gasteiger partial charge in [0.25, 0.3) is 5.69 Å². The molecule has 0 aliphatic rings. The molecule has 0 aliphatic heterocycles. The van der Waals surface area contributed by atoms with E-state index in [2.05, 4.69) is 5.16 Å². The van der Waals surface area contributed by atoms with E-state index in [0.29, 0.717) is 11.5 Å². The van der Waals surface area contributed by atoms with Gasteiger partial charge in [-0.3, -0.25) is 10.1 Å². The Morgan fingerprint density at radius 3 is 2.90 bits per heavy atom. The second-order valence-electron chi connectivity index (χ2n) is 3.92. The summed E-state index contributed by atoms with van der Waals surface area (Å²) >= 11 is 0. The number of benzene rings is 1. The van der Waals surface area contributed by atoms with Crippen molar-refractivity contribution in [2.75, 3.05) is 0 Å². The number of hydrogen-bond donors (Lipinski definition) is 1. The van der Waals surface area contributed by atoms with Crippen molar-refractivity contribution < 1.29 is 24.1 Å². The first-order valence-corrected chi connectivity index (χ1v) is 5.78. The summed E-state index contributed by atoms with van der Waals surface area (Å²) in [5.74, 6) is -0.390. The third-order valence-electron chi connectivity index (χ3n) is 2.47. The lowest BCUT2D eigenvalue weighted by Crippen LogP contribution is -1.97. The molecule has 1 N–H and O–H groups in total. The summed E-state index contributed by atoms with van der Waals surface area (Å²) < 4.78 is 10.3. The number of ether oxygens (including phenoxy) is 1. The summed E-state index contributed by atoms with van der Waals surface area (Å²) in [4.78, 5) is 20.7. The maximum absolute atomic E-state index is 10.7. The third-order valence-corrected chi connectivity index (χ3v) is 2.47. The molecule has 1 heterocycles. The molecular formula is C13H10N2O6. The van der Waals surface area contributed by atoms with Crippen LogP contribution < -0.4 is 4.74 Å². The zero-order valence-corrected chi connectivity index (χ0v) is 10.6. The molecule has 1 aromatic carbocycles. The predicted octanol–water partition coefficient (Wildman–Crippen LogP) is 2.26. The number of nitro groups is 1. The molecule has 2 aromatic rings. The normalized spacial score (nSPS) is 10.7. The van der Waals surface area contributed by atoms with Crippen LogP contribution in [0.5, 0.6) is 5.75 Å². The SMILES string of the molecule is O=C(O)/C=C/c1cc([N+](=O)[O-])ccc1OCc1ccno1. The van der Waals surface area contributed by atoms with E-state index in [1.54, 1.807) is 6.07 Å². The Morgan fingerprint density at radius 1 is 1.48 bits per heavy atom. The van der Waals surface area contributed by atoms with Gasteiger partial charge in [-0.15, -0.1) is 0 Å². The van der Waals surface area contributed by atoms with E-state index in [4.69, 9.17) is 14.4 Å². The molecule has 0 unspecified atom stereocenters. The minimum Gasteiger partial charge on any atom is -0.485 e. The van der Waals surface area contributed by atoms with Crippen molar-refractivity contribution in [2.24, 2.45) is 0 Å². The number of aromatic nitrogens is 1. The fourth-order valence-corrected chi connectivity index (χ4v) is 1.54. The fourth-order valence-electron chi connectivity index (χ4n) is 1.54. The van der Waals surface area contributed by atoms with Crippen molar-refractivity contribution >= 4 is 17.7 Å². The van der Waals surface area contributed by atoms with Gasteiger partial charge < -0.3 is 14.4 Å². The van der Waals surface area contributed by atoms with E-state index < -0.39 is 10.9 Å². The predicted molar refractivity (Wildman–Crippen MR) is 70.6 cm³/mol. The van der Waals surface area contributed by atoms with Gasteiger partial charge >= 0.3 is 5.97 Å². The number of carboxylic acids is 1. The van der Waals surface area contributed by atoms with Crippen molar-refractivity contribution in [1.29, 1.82) is 0 Å². The zero-order valence-electron chi connectivity index (χ0n) is 10.6. The number of rotatable bonds is 6. The molecule has 21 heavy (non-hydrogen) atoms. The van der Waals surface area contributed by atoms with E-state index in [0.717, 1.165) is 6.08 Å². The highest BCUT2D eigenvalue weighted by molar-refractivity contribution is 5.86. The van der Waals surface area contributed by atoms with Crippen LogP contribution in [-0.2, 0) is 11.4 Å². The zero-order chi connectivity index (χ0) is 15.2. The van der Waals surface area contributed by atoms with Crippen LogP contribution in [0.2, 0.25) is 0 Å². The van der Waals surface area contributed by atoms with Gasteiger partial charge in [0.15, 0.2) is 5.76 Å². The molecule has 0 aliphatic carbocycles. The largest absolute Gasteiger partial charge is 0.485 e. The van der Waals surface area contributed by atoms with Crippen molar-refractivity contribution in [1.82, 2.24) is 5.16 Å². The van der Waals surface area contributed by atoms with E-state index in [1.807, 2.05) is 0 Å². The standard InChI is InChI=1S/C13H10N2O6/c16-13(17)4-1-9-7-10(15(18)19)2-3-12(9)20-8-11-5-6-14-21-11/h1-7H,8H2,(H,16,17)/b4-1+.